The van der Waals surface area contributed by atoms with Crippen molar-refractivity contribution >= 4 is 39.5 Å². The summed E-state index contributed by atoms with van der Waals surface area (Å²) in [6, 6.07) is 0. The lowest BCUT2D eigenvalue weighted by Crippen LogP contribution is -2.30. The van der Waals surface area contributed by atoms with E-state index < -0.39 is 97.5 Å². The van der Waals surface area contributed by atoms with Crippen LogP contribution in [0.3, 0.4) is 0 Å². The molecule has 0 aromatic carbocycles. The summed E-state index contributed by atoms with van der Waals surface area (Å²) in [4.78, 5) is 72.9. The number of phosphoric acid groups is 2. The van der Waals surface area contributed by atoms with E-state index in [0.29, 0.717) is 25.7 Å². The molecular weight excluding hydrogens is 1270 g/mol. The number of esters is 4. The van der Waals surface area contributed by atoms with Gasteiger partial charge in [0.25, 0.3) is 0 Å². The third-order valence-corrected chi connectivity index (χ3v) is 20.3. The highest BCUT2D eigenvalue weighted by atomic mass is 31.2. The smallest absolute Gasteiger partial charge is 0.462 e. The molecule has 19 heteroatoms. The molecule has 0 aliphatic carbocycles. The Hall–Kier alpha value is -1.94. The van der Waals surface area contributed by atoms with Crippen molar-refractivity contribution in [1.29, 1.82) is 0 Å². The van der Waals surface area contributed by atoms with Crippen molar-refractivity contribution in [3.05, 3.63) is 0 Å². The summed E-state index contributed by atoms with van der Waals surface area (Å²) in [5.74, 6) is 0.936. The number of ether oxygens (including phenoxy) is 4. The van der Waals surface area contributed by atoms with E-state index in [1.807, 2.05) is 0 Å². The first-order valence-corrected chi connectivity index (χ1v) is 43.2. The minimum Gasteiger partial charge on any atom is -0.462 e. The van der Waals surface area contributed by atoms with Gasteiger partial charge in [-0.3, -0.25) is 37.3 Å². The standard InChI is InChI=1S/C78H152O17P2/c1-9-71(8)57-49-41-36-37-43-51-59-76(81)89-65-74(94-77(82)60-52-44-34-27-23-19-15-14-17-21-25-31-39-47-55-69(4)5)67-93-97(86,87)91-63-72(79)62-90-96(84,85)92-66-73(95-78(83)61-53-45-35-29-28-32-40-48-56-70(6)7)64-88-75(80)58-50-42-33-26-22-18-13-11-10-12-16-20-24-30-38-46-54-68(2)3/h68-74,79H,9-67H2,1-8H3,(H,84,85)(H,86,87)/t71?,72-,73-,74-/m1/s1. The molecule has 0 spiro atoms. The second-order valence-electron chi connectivity index (χ2n) is 29.8. The molecule has 0 bridgehead atoms. The monoisotopic (exact) mass is 1420 g/mol. The molecule has 0 radical (unpaired) electrons. The van der Waals surface area contributed by atoms with E-state index in [1.54, 1.807) is 0 Å². The third-order valence-electron chi connectivity index (χ3n) is 18.4. The normalized spacial score (nSPS) is 14.4. The average Bonchev–Trinajstić information content (AvgIpc) is 1.48. The van der Waals surface area contributed by atoms with Crippen LogP contribution in [0.4, 0.5) is 0 Å². The average molecular weight is 1420 g/mol. The van der Waals surface area contributed by atoms with Crippen molar-refractivity contribution in [2.24, 2.45) is 23.7 Å². The Morgan fingerprint density at radius 3 is 0.732 bits per heavy atom. The lowest BCUT2D eigenvalue weighted by molar-refractivity contribution is -0.161. The number of aliphatic hydroxyl groups is 1. The van der Waals surface area contributed by atoms with E-state index in [2.05, 4.69) is 55.4 Å². The van der Waals surface area contributed by atoms with Crippen LogP contribution < -0.4 is 0 Å². The highest BCUT2D eigenvalue weighted by molar-refractivity contribution is 7.47. The number of hydrogen-bond donors (Lipinski definition) is 3. The fourth-order valence-corrected chi connectivity index (χ4v) is 13.5. The van der Waals surface area contributed by atoms with E-state index in [4.69, 9.17) is 37.0 Å². The number of carbonyl (C=O) groups excluding carboxylic acids is 4. The molecule has 0 heterocycles. The van der Waals surface area contributed by atoms with E-state index in [0.717, 1.165) is 120 Å². The summed E-state index contributed by atoms with van der Waals surface area (Å²) in [5.41, 5.74) is 0. The van der Waals surface area contributed by atoms with Crippen LogP contribution in [0.2, 0.25) is 0 Å². The summed E-state index contributed by atoms with van der Waals surface area (Å²) >= 11 is 0. The van der Waals surface area contributed by atoms with Gasteiger partial charge >= 0.3 is 39.5 Å². The first kappa shape index (κ1) is 95.1. The minimum absolute atomic E-state index is 0.104. The van der Waals surface area contributed by atoms with Gasteiger partial charge in [-0.05, 0) is 49.4 Å². The third kappa shape index (κ3) is 70.9. The summed E-state index contributed by atoms with van der Waals surface area (Å²) in [6.07, 6.45) is 52.9. The molecule has 3 N–H and O–H groups in total. The highest BCUT2D eigenvalue weighted by Gasteiger charge is 2.30. The SMILES string of the molecule is CCC(C)CCCCCCCCC(=O)OC[C@H](COP(=O)(O)OC[C@H](O)COP(=O)(O)OC[C@@H](COC(=O)CCCCCCCCCCCCCCCCCCC(C)C)OC(=O)CCCCCCCCCCC(C)C)OC(=O)CCCCCCCCCCCCCCCCC(C)C. The molecule has 6 atom stereocenters. The molecular formula is C78H152O17P2. The maximum Gasteiger partial charge on any atom is 0.472 e. The van der Waals surface area contributed by atoms with Gasteiger partial charge in [0.2, 0.25) is 0 Å². The van der Waals surface area contributed by atoms with E-state index in [9.17, 15) is 43.2 Å². The van der Waals surface area contributed by atoms with Gasteiger partial charge in [-0.1, -0.05) is 344 Å². The molecule has 0 rings (SSSR count). The van der Waals surface area contributed by atoms with Gasteiger partial charge in [-0.25, -0.2) is 9.13 Å². The molecule has 17 nitrogen and oxygen atoms in total. The van der Waals surface area contributed by atoms with Gasteiger partial charge in [-0.15, -0.1) is 0 Å². The summed E-state index contributed by atoms with van der Waals surface area (Å²) in [7, 11) is -9.92. The van der Waals surface area contributed by atoms with Crippen molar-refractivity contribution < 1.29 is 80.2 Å². The molecule has 0 amide bonds. The Balaban J connectivity index is 5.19. The first-order valence-electron chi connectivity index (χ1n) is 40.2. The Morgan fingerprint density at radius 1 is 0.289 bits per heavy atom. The quantitative estimate of drug-likeness (QED) is 0.0222. The fourth-order valence-electron chi connectivity index (χ4n) is 11.9. The van der Waals surface area contributed by atoms with Gasteiger partial charge in [-0.2, -0.15) is 0 Å². The molecule has 0 saturated heterocycles. The first-order chi connectivity index (χ1) is 46.6. The largest absolute Gasteiger partial charge is 0.472 e. The van der Waals surface area contributed by atoms with E-state index >= 15 is 0 Å². The zero-order valence-electron chi connectivity index (χ0n) is 63.7. The van der Waals surface area contributed by atoms with Crippen LogP contribution >= 0.6 is 15.6 Å². The zero-order chi connectivity index (χ0) is 71.7. The molecule has 0 aliphatic heterocycles. The van der Waals surface area contributed by atoms with Crippen molar-refractivity contribution in [1.82, 2.24) is 0 Å². The molecule has 97 heavy (non-hydrogen) atoms. The number of carbonyl (C=O) groups is 4. The van der Waals surface area contributed by atoms with Crippen molar-refractivity contribution in [3.8, 4) is 0 Å². The Bertz CT molecular complexity index is 1900. The van der Waals surface area contributed by atoms with E-state index in [1.165, 1.54) is 193 Å². The van der Waals surface area contributed by atoms with Crippen LogP contribution in [0.15, 0.2) is 0 Å². The molecule has 576 valence electrons. The molecule has 3 unspecified atom stereocenters. The number of rotatable bonds is 75. The van der Waals surface area contributed by atoms with Crippen molar-refractivity contribution in [2.75, 3.05) is 39.6 Å². The van der Waals surface area contributed by atoms with Gasteiger partial charge in [0.1, 0.15) is 19.3 Å². The van der Waals surface area contributed by atoms with Crippen LogP contribution in [0, 0.1) is 23.7 Å². The van der Waals surface area contributed by atoms with Crippen LogP contribution in [0.5, 0.6) is 0 Å². The molecule has 0 aromatic heterocycles. The van der Waals surface area contributed by atoms with Gasteiger partial charge in [0.15, 0.2) is 12.2 Å². The van der Waals surface area contributed by atoms with Crippen LogP contribution in [0.25, 0.3) is 0 Å². The molecule has 0 aromatic rings. The summed E-state index contributed by atoms with van der Waals surface area (Å²) in [6.45, 7) is 14.2. The zero-order valence-corrected chi connectivity index (χ0v) is 65.5. The van der Waals surface area contributed by atoms with Crippen LogP contribution in [-0.2, 0) is 65.4 Å². The van der Waals surface area contributed by atoms with Crippen LogP contribution in [0.1, 0.15) is 396 Å². The number of aliphatic hydroxyl groups excluding tert-OH is 1. The maximum absolute atomic E-state index is 13.1. The lowest BCUT2D eigenvalue weighted by atomic mass is 10.00. The number of hydrogen-bond acceptors (Lipinski definition) is 15. The van der Waals surface area contributed by atoms with Crippen LogP contribution in [-0.4, -0.2) is 96.7 Å². The lowest BCUT2D eigenvalue weighted by Gasteiger charge is -2.21. The van der Waals surface area contributed by atoms with Crippen molar-refractivity contribution in [3.63, 3.8) is 0 Å². The maximum atomic E-state index is 13.1. The fraction of sp³-hybridized carbons (Fsp3) is 0.949. The highest BCUT2D eigenvalue weighted by Crippen LogP contribution is 2.45. The summed E-state index contributed by atoms with van der Waals surface area (Å²) in [5, 5.41) is 10.6. The molecule has 0 saturated carbocycles. The number of unbranched alkanes of at least 4 members (excludes halogenated alkanes) is 40. The Labute approximate surface area is 594 Å². The van der Waals surface area contributed by atoms with Crippen molar-refractivity contribution in [2.45, 2.75) is 414 Å². The topological polar surface area (TPSA) is 237 Å². The van der Waals surface area contributed by atoms with Gasteiger partial charge in [0, 0.05) is 25.7 Å². The Kier molecular flexibility index (Phi) is 65.9. The predicted octanol–water partition coefficient (Wildman–Crippen LogP) is 22.8. The second-order valence-corrected chi connectivity index (χ2v) is 32.7. The second kappa shape index (κ2) is 67.2. The predicted molar refractivity (Wildman–Crippen MR) is 395 cm³/mol. The minimum atomic E-state index is -4.96. The molecule has 0 fully saturated rings. The Morgan fingerprint density at radius 2 is 0.495 bits per heavy atom. The summed E-state index contributed by atoms with van der Waals surface area (Å²) < 4.78 is 68.6. The van der Waals surface area contributed by atoms with Gasteiger partial charge in [0.05, 0.1) is 26.4 Å². The van der Waals surface area contributed by atoms with E-state index in [-0.39, 0.29) is 25.7 Å². The molecule has 0 aliphatic rings. The van der Waals surface area contributed by atoms with Gasteiger partial charge < -0.3 is 33.8 Å². The number of phosphoric ester groups is 2.